The third-order valence-electron chi connectivity index (χ3n) is 6.91. The lowest BCUT2D eigenvalue weighted by atomic mass is 10.1. The van der Waals surface area contributed by atoms with Gasteiger partial charge in [-0.1, -0.05) is 66.0 Å². The fraction of sp³-hybridized carbons (Fsp3) is 0.355. The van der Waals surface area contributed by atoms with E-state index in [1.807, 2.05) is 52.0 Å². The fourth-order valence-electron chi connectivity index (χ4n) is 4.23. The van der Waals surface area contributed by atoms with Crippen LogP contribution in [0.25, 0.3) is 0 Å². The van der Waals surface area contributed by atoms with Gasteiger partial charge in [-0.05, 0) is 70.0 Å². The van der Waals surface area contributed by atoms with Gasteiger partial charge in [0.15, 0.2) is 0 Å². The van der Waals surface area contributed by atoms with Gasteiger partial charge in [0, 0.05) is 12.6 Å². The summed E-state index contributed by atoms with van der Waals surface area (Å²) in [7, 11) is -2.74. The minimum Gasteiger partial charge on any atom is -0.495 e. The number of ether oxygens (including phenoxy) is 1. The van der Waals surface area contributed by atoms with E-state index in [1.54, 1.807) is 25.1 Å². The van der Waals surface area contributed by atoms with Gasteiger partial charge >= 0.3 is 0 Å². The van der Waals surface area contributed by atoms with Crippen LogP contribution in [-0.2, 0) is 26.2 Å². The van der Waals surface area contributed by atoms with Crippen molar-refractivity contribution in [3.63, 3.8) is 0 Å². The monoisotopic (exact) mass is 599 g/mol. The summed E-state index contributed by atoms with van der Waals surface area (Å²) < 4.78 is 34.2. The summed E-state index contributed by atoms with van der Waals surface area (Å²) in [6.07, 6.45) is 0.727. The quantitative estimate of drug-likeness (QED) is 0.297. The normalized spacial score (nSPS) is 12.8. The summed E-state index contributed by atoms with van der Waals surface area (Å²) in [4.78, 5) is 28.6. The molecule has 3 aromatic rings. The van der Waals surface area contributed by atoms with E-state index in [2.05, 4.69) is 5.32 Å². The van der Waals surface area contributed by atoms with E-state index in [9.17, 15) is 18.0 Å². The summed E-state index contributed by atoms with van der Waals surface area (Å²) >= 11 is 6.37. The highest BCUT2D eigenvalue weighted by atomic mass is 35.5. The number of amides is 2. The minimum absolute atomic E-state index is 0.0237. The van der Waals surface area contributed by atoms with Gasteiger partial charge in [-0.15, -0.1) is 0 Å². The Labute approximate surface area is 248 Å². The van der Waals surface area contributed by atoms with Gasteiger partial charge in [0.05, 0.1) is 22.7 Å². The molecule has 41 heavy (non-hydrogen) atoms. The van der Waals surface area contributed by atoms with Gasteiger partial charge < -0.3 is 15.0 Å². The van der Waals surface area contributed by atoms with Crippen LogP contribution in [0.4, 0.5) is 5.69 Å². The van der Waals surface area contributed by atoms with E-state index < -0.39 is 28.5 Å². The predicted octanol–water partition coefficient (Wildman–Crippen LogP) is 5.49. The number of rotatable bonds is 12. The molecule has 0 heterocycles. The molecule has 0 aliphatic rings. The highest BCUT2D eigenvalue weighted by Crippen LogP contribution is 2.32. The fourth-order valence-corrected chi connectivity index (χ4v) is 5.89. The van der Waals surface area contributed by atoms with Crippen molar-refractivity contribution >= 4 is 39.1 Å². The summed E-state index contributed by atoms with van der Waals surface area (Å²) in [5, 5.41) is 3.13. The average Bonchev–Trinajstić information content (AvgIpc) is 2.94. The number of sulfonamides is 1. The third kappa shape index (κ3) is 8.01. The van der Waals surface area contributed by atoms with Crippen LogP contribution in [0.2, 0.25) is 5.02 Å². The largest absolute Gasteiger partial charge is 0.495 e. The van der Waals surface area contributed by atoms with Crippen molar-refractivity contribution in [1.29, 1.82) is 0 Å². The standard InChI is InChI=1S/C31H38ClN3O5S/c1-7-23(4)33-31(37)24(5)34(19-25-10-8-9-22(3)17-25)30(36)20-35(26-13-16-29(40-6)28(32)18-26)41(38,39)27-14-11-21(2)12-15-27/h8-18,23-24H,7,19-20H2,1-6H3,(H,33,37). The van der Waals surface area contributed by atoms with Gasteiger partial charge in [0.2, 0.25) is 11.8 Å². The van der Waals surface area contributed by atoms with Crippen LogP contribution in [0.15, 0.2) is 71.6 Å². The molecular formula is C31H38ClN3O5S. The molecule has 3 rings (SSSR count). The van der Waals surface area contributed by atoms with Crippen molar-refractivity contribution in [2.45, 2.75) is 64.6 Å². The van der Waals surface area contributed by atoms with Crippen molar-refractivity contribution < 1.29 is 22.7 Å². The molecule has 2 atom stereocenters. The molecule has 0 bridgehead atoms. The highest BCUT2D eigenvalue weighted by molar-refractivity contribution is 7.92. The molecule has 1 N–H and O–H groups in total. The van der Waals surface area contributed by atoms with Crippen LogP contribution >= 0.6 is 11.6 Å². The maximum atomic E-state index is 14.0. The van der Waals surface area contributed by atoms with Crippen LogP contribution in [0.3, 0.4) is 0 Å². The van der Waals surface area contributed by atoms with E-state index in [1.165, 1.54) is 36.3 Å². The van der Waals surface area contributed by atoms with Crippen LogP contribution < -0.4 is 14.4 Å². The van der Waals surface area contributed by atoms with Crippen LogP contribution in [0.1, 0.15) is 43.9 Å². The zero-order valence-corrected chi connectivity index (χ0v) is 25.9. The second-order valence-electron chi connectivity index (χ2n) is 10.1. The van der Waals surface area contributed by atoms with Gasteiger partial charge in [0.25, 0.3) is 10.0 Å². The Kier molecular flexibility index (Phi) is 10.8. The summed E-state index contributed by atoms with van der Waals surface area (Å²) in [6, 6.07) is 17.6. The SMILES string of the molecule is CCC(C)NC(=O)C(C)N(Cc1cccc(C)c1)C(=O)CN(c1ccc(OC)c(Cl)c1)S(=O)(=O)c1ccc(C)cc1. The van der Waals surface area contributed by atoms with Crippen molar-refractivity contribution in [1.82, 2.24) is 10.2 Å². The van der Waals surface area contributed by atoms with Crippen molar-refractivity contribution in [2.24, 2.45) is 0 Å². The molecule has 10 heteroatoms. The lowest BCUT2D eigenvalue weighted by Crippen LogP contribution is -2.52. The molecule has 0 aromatic heterocycles. The molecule has 220 valence electrons. The Balaban J connectivity index is 2.06. The zero-order valence-electron chi connectivity index (χ0n) is 24.3. The molecule has 2 amide bonds. The lowest BCUT2D eigenvalue weighted by molar-refractivity contribution is -0.139. The van der Waals surface area contributed by atoms with Crippen LogP contribution in [0, 0.1) is 13.8 Å². The van der Waals surface area contributed by atoms with E-state index >= 15 is 0 Å². The first-order valence-electron chi connectivity index (χ1n) is 13.5. The number of aryl methyl sites for hydroxylation is 2. The van der Waals surface area contributed by atoms with Gasteiger partial charge in [-0.25, -0.2) is 8.42 Å². The Bertz CT molecular complexity index is 1480. The number of hydrogen-bond donors (Lipinski definition) is 1. The summed E-state index contributed by atoms with van der Waals surface area (Å²) in [5.74, 6) is -0.493. The van der Waals surface area contributed by atoms with Gasteiger partial charge in [-0.3, -0.25) is 13.9 Å². The number of methoxy groups -OCH3 is 1. The summed E-state index contributed by atoms with van der Waals surface area (Å²) in [5.41, 5.74) is 2.91. The van der Waals surface area contributed by atoms with E-state index in [0.29, 0.717) is 5.75 Å². The Morgan fingerprint density at radius 1 is 0.976 bits per heavy atom. The molecule has 0 spiro atoms. The predicted molar refractivity (Wildman–Crippen MR) is 163 cm³/mol. The van der Waals surface area contributed by atoms with Crippen molar-refractivity contribution in [3.05, 3.63) is 88.4 Å². The molecule has 8 nitrogen and oxygen atoms in total. The molecule has 0 radical (unpaired) electrons. The average molecular weight is 600 g/mol. The molecule has 2 unspecified atom stereocenters. The van der Waals surface area contributed by atoms with E-state index in [4.69, 9.17) is 16.3 Å². The van der Waals surface area contributed by atoms with Crippen molar-refractivity contribution in [2.75, 3.05) is 18.0 Å². The zero-order chi connectivity index (χ0) is 30.3. The topological polar surface area (TPSA) is 96.0 Å². The molecule has 0 aliphatic carbocycles. The first-order chi connectivity index (χ1) is 19.4. The van der Waals surface area contributed by atoms with Gasteiger partial charge in [0.1, 0.15) is 18.3 Å². The summed E-state index contributed by atoms with van der Waals surface area (Å²) in [6.45, 7) is 8.87. The Morgan fingerprint density at radius 2 is 1.66 bits per heavy atom. The molecular weight excluding hydrogens is 562 g/mol. The number of carbonyl (C=O) groups is 2. The minimum atomic E-state index is -4.20. The second-order valence-corrected chi connectivity index (χ2v) is 12.4. The van der Waals surface area contributed by atoms with Crippen LogP contribution in [-0.4, -0.2) is 50.9 Å². The number of hydrogen-bond acceptors (Lipinski definition) is 5. The number of anilines is 1. The number of halogens is 1. The van der Waals surface area contributed by atoms with Crippen molar-refractivity contribution in [3.8, 4) is 5.75 Å². The lowest BCUT2D eigenvalue weighted by Gasteiger charge is -2.32. The number of benzene rings is 3. The Morgan fingerprint density at radius 3 is 2.24 bits per heavy atom. The highest BCUT2D eigenvalue weighted by Gasteiger charge is 2.33. The number of nitrogens with zero attached hydrogens (tertiary/aromatic N) is 2. The molecule has 0 saturated carbocycles. The van der Waals surface area contributed by atoms with E-state index in [-0.39, 0.29) is 34.1 Å². The number of carbonyl (C=O) groups excluding carboxylic acids is 2. The third-order valence-corrected chi connectivity index (χ3v) is 9.00. The second kappa shape index (κ2) is 13.9. The van der Waals surface area contributed by atoms with Crippen LogP contribution in [0.5, 0.6) is 5.75 Å². The molecule has 0 saturated heterocycles. The first-order valence-corrected chi connectivity index (χ1v) is 15.3. The van der Waals surface area contributed by atoms with E-state index in [0.717, 1.165) is 27.4 Å². The van der Waals surface area contributed by atoms with Gasteiger partial charge in [-0.2, -0.15) is 0 Å². The molecule has 0 aliphatic heterocycles. The number of nitrogens with one attached hydrogen (secondary N) is 1. The maximum absolute atomic E-state index is 14.0. The Hall–Kier alpha value is -3.56. The smallest absolute Gasteiger partial charge is 0.264 e. The first kappa shape index (κ1) is 32.0. The molecule has 0 fully saturated rings. The molecule has 3 aromatic carbocycles. The maximum Gasteiger partial charge on any atom is 0.264 e.